The third kappa shape index (κ3) is 3.38. The van der Waals surface area contributed by atoms with Crippen LogP contribution in [0.4, 0.5) is 11.5 Å². The summed E-state index contributed by atoms with van der Waals surface area (Å²) in [7, 11) is 0. The standard InChI is InChI=1S/C16H16N4O2/c1-11(2)16(12-6-4-3-5-7-12)19-15-9-8-14(20(21)22)13(10-17)18-15/h3-9,11,16H,1-2H3,(H,18,19). The molecule has 1 aromatic carbocycles. The van der Waals surface area contributed by atoms with Gasteiger partial charge in [0.2, 0.25) is 5.69 Å². The first-order valence-corrected chi connectivity index (χ1v) is 6.90. The summed E-state index contributed by atoms with van der Waals surface area (Å²) in [6, 6.07) is 14.5. The third-order valence-corrected chi connectivity index (χ3v) is 3.31. The van der Waals surface area contributed by atoms with Crippen LogP contribution in [0.3, 0.4) is 0 Å². The fourth-order valence-corrected chi connectivity index (χ4v) is 2.22. The molecule has 0 aliphatic carbocycles. The SMILES string of the molecule is CC(C)C(Nc1ccc([N+](=O)[O-])c(C#N)n1)c1ccccc1. The van der Waals surface area contributed by atoms with E-state index in [9.17, 15) is 10.1 Å². The normalized spacial score (nSPS) is 11.7. The van der Waals surface area contributed by atoms with Gasteiger partial charge < -0.3 is 5.32 Å². The quantitative estimate of drug-likeness (QED) is 0.671. The molecule has 1 N–H and O–H groups in total. The molecule has 6 heteroatoms. The lowest BCUT2D eigenvalue weighted by Crippen LogP contribution is -2.17. The van der Waals surface area contributed by atoms with E-state index in [1.54, 1.807) is 6.07 Å². The van der Waals surface area contributed by atoms with Crippen LogP contribution in [0.2, 0.25) is 0 Å². The van der Waals surface area contributed by atoms with Gasteiger partial charge in [-0.1, -0.05) is 44.2 Å². The number of hydrogen-bond acceptors (Lipinski definition) is 5. The lowest BCUT2D eigenvalue weighted by atomic mass is 9.96. The Kier molecular flexibility index (Phi) is 4.69. The molecular weight excluding hydrogens is 280 g/mol. The molecule has 0 aliphatic heterocycles. The molecule has 0 aliphatic rings. The van der Waals surface area contributed by atoms with Crippen molar-refractivity contribution in [3.63, 3.8) is 0 Å². The highest BCUT2D eigenvalue weighted by Gasteiger charge is 2.19. The first-order chi connectivity index (χ1) is 10.5. The van der Waals surface area contributed by atoms with Gasteiger partial charge >= 0.3 is 5.69 Å². The molecule has 2 rings (SSSR count). The summed E-state index contributed by atoms with van der Waals surface area (Å²) in [5.74, 6) is 0.731. The maximum atomic E-state index is 10.8. The number of nitriles is 1. The predicted molar refractivity (Wildman–Crippen MR) is 83.3 cm³/mol. The summed E-state index contributed by atoms with van der Waals surface area (Å²) >= 11 is 0. The maximum absolute atomic E-state index is 10.8. The van der Waals surface area contributed by atoms with Crippen molar-refractivity contribution in [2.45, 2.75) is 19.9 Å². The molecule has 0 fully saturated rings. The Morgan fingerprint density at radius 1 is 1.23 bits per heavy atom. The van der Waals surface area contributed by atoms with E-state index >= 15 is 0 Å². The molecule has 0 radical (unpaired) electrons. The van der Waals surface area contributed by atoms with E-state index in [4.69, 9.17) is 5.26 Å². The number of pyridine rings is 1. The Labute approximate surface area is 128 Å². The van der Waals surface area contributed by atoms with E-state index < -0.39 is 4.92 Å². The zero-order valence-electron chi connectivity index (χ0n) is 12.4. The van der Waals surface area contributed by atoms with Crippen molar-refractivity contribution in [3.05, 3.63) is 63.8 Å². The van der Waals surface area contributed by atoms with Crippen LogP contribution in [0.1, 0.15) is 31.1 Å². The summed E-state index contributed by atoms with van der Waals surface area (Å²) in [6.07, 6.45) is 0. The summed E-state index contributed by atoms with van der Waals surface area (Å²) in [4.78, 5) is 14.3. The smallest absolute Gasteiger partial charge is 0.305 e. The van der Waals surface area contributed by atoms with Crippen LogP contribution in [0.5, 0.6) is 0 Å². The molecule has 1 atom stereocenters. The van der Waals surface area contributed by atoms with Gasteiger partial charge in [-0.15, -0.1) is 0 Å². The number of nitrogens with one attached hydrogen (secondary N) is 1. The molecule has 22 heavy (non-hydrogen) atoms. The fourth-order valence-electron chi connectivity index (χ4n) is 2.22. The van der Waals surface area contributed by atoms with Crippen LogP contribution in [-0.2, 0) is 0 Å². The number of benzene rings is 1. The topological polar surface area (TPSA) is 91.9 Å². The van der Waals surface area contributed by atoms with Crippen LogP contribution >= 0.6 is 0 Å². The Bertz CT molecular complexity index is 708. The lowest BCUT2D eigenvalue weighted by molar-refractivity contribution is -0.385. The van der Waals surface area contributed by atoms with E-state index in [2.05, 4.69) is 24.1 Å². The van der Waals surface area contributed by atoms with Crippen molar-refractivity contribution in [2.24, 2.45) is 5.92 Å². The first-order valence-electron chi connectivity index (χ1n) is 6.90. The highest BCUT2D eigenvalue weighted by molar-refractivity contribution is 5.51. The zero-order chi connectivity index (χ0) is 16.1. The first kappa shape index (κ1) is 15.4. The summed E-state index contributed by atoms with van der Waals surface area (Å²) < 4.78 is 0. The fraction of sp³-hybridized carbons (Fsp3) is 0.250. The van der Waals surface area contributed by atoms with Crippen molar-refractivity contribution >= 4 is 11.5 Å². The van der Waals surface area contributed by atoms with Gasteiger partial charge in [-0.25, -0.2) is 4.98 Å². The second kappa shape index (κ2) is 6.68. The van der Waals surface area contributed by atoms with E-state index in [0.717, 1.165) is 5.56 Å². The minimum absolute atomic E-state index is 0.00157. The minimum atomic E-state index is -0.605. The molecule has 1 heterocycles. The Morgan fingerprint density at radius 3 is 2.45 bits per heavy atom. The predicted octanol–water partition coefficient (Wildman–Crippen LogP) is 3.67. The number of rotatable bonds is 5. The van der Waals surface area contributed by atoms with Crippen molar-refractivity contribution < 1.29 is 4.92 Å². The number of nitrogens with zero attached hydrogens (tertiary/aromatic N) is 3. The molecule has 6 nitrogen and oxygen atoms in total. The molecule has 112 valence electrons. The molecule has 0 saturated carbocycles. The van der Waals surface area contributed by atoms with Crippen LogP contribution in [0, 0.1) is 27.4 Å². The molecule has 1 unspecified atom stereocenters. The summed E-state index contributed by atoms with van der Waals surface area (Å²) in [5.41, 5.74) is 0.621. The average molecular weight is 296 g/mol. The van der Waals surface area contributed by atoms with Crippen molar-refractivity contribution in [2.75, 3.05) is 5.32 Å². The monoisotopic (exact) mass is 296 g/mol. The van der Waals surface area contributed by atoms with Gasteiger partial charge in [0.25, 0.3) is 0 Å². The molecule has 0 bridgehead atoms. The van der Waals surface area contributed by atoms with Gasteiger partial charge in [-0.05, 0) is 17.5 Å². The van der Waals surface area contributed by atoms with E-state index in [1.165, 1.54) is 12.1 Å². The van der Waals surface area contributed by atoms with Gasteiger partial charge in [0.1, 0.15) is 11.9 Å². The van der Waals surface area contributed by atoms with Gasteiger partial charge in [-0.2, -0.15) is 5.26 Å². The molecular formula is C16H16N4O2. The highest BCUT2D eigenvalue weighted by atomic mass is 16.6. The second-order valence-corrected chi connectivity index (χ2v) is 5.21. The number of nitro groups is 1. The van der Waals surface area contributed by atoms with E-state index in [1.807, 2.05) is 30.3 Å². The van der Waals surface area contributed by atoms with Crippen molar-refractivity contribution in [1.82, 2.24) is 4.98 Å². The molecule has 2 aromatic rings. The largest absolute Gasteiger partial charge is 0.363 e. The van der Waals surface area contributed by atoms with Gasteiger partial charge in [0.15, 0.2) is 0 Å². The number of anilines is 1. The van der Waals surface area contributed by atoms with Gasteiger partial charge in [0, 0.05) is 6.07 Å². The minimum Gasteiger partial charge on any atom is -0.363 e. The molecule has 1 aromatic heterocycles. The second-order valence-electron chi connectivity index (χ2n) is 5.21. The van der Waals surface area contributed by atoms with Crippen LogP contribution < -0.4 is 5.32 Å². The van der Waals surface area contributed by atoms with Crippen molar-refractivity contribution in [1.29, 1.82) is 5.26 Å². The summed E-state index contributed by atoms with van der Waals surface area (Å²) in [6.45, 7) is 4.14. The van der Waals surface area contributed by atoms with Gasteiger partial charge in [0.05, 0.1) is 11.0 Å². The molecule has 0 amide bonds. The maximum Gasteiger partial charge on any atom is 0.305 e. The van der Waals surface area contributed by atoms with Crippen molar-refractivity contribution in [3.8, 4) is 6.07 Å². The third-order valence-electron chi connectivity index (χ3n) is 3.31. The van der Waals surface area contributed by atoms with Crippen LogP contribution in [0.25, 0.3) is 0 Å². The van der Waals surface area contributed by atoms with Gasteiger partial charge in [-0.3, -0.25) is 10.1 Å². The van der Waals surface area contributed by atoms with Crippen LogP contribution in [-0.4, -0.2) is 9.91 Å². The highest BCUT2D eigenvalue weighted by Crippen LogP contribution is 2.27. The Balaban J connectivity index is 2.32. The summed E-state index contributed by atoms with van der Waals surface area (Å²) in [5, 5.41) is 23.1. The Morgan fingerprint density at radius 2 is 1.91 bits per heavy atom. The Hall–Kier alpha value is -2.94. The molecule has 0 spiro atoms. The lowest BCUT2D eigenvalue weighted by Gasteiger charge is -2.23. The van der Waals surface area contributed by atoms with E-state index in [0.29, 0.717) is 5.82 Å². The van der Waals surface area contributed by atoms with E-state index in [-0.39, 0.29) is 23.3 Å². The number of aromatic nitrogens is 1. The van der Waals surface area contributed by atoms with Crippen LogP contribution in [0.15, 0.2) is 42.5 Å². The zero-order valence-corrected chi connectivity index (χ0v) is 12.4. The molecule has 0 saturated heterocycles. The number of hydrogen-bond donors (Lipinski definition) is 1. The average Bonchev–Trinajstić information content (AvgIpc) is 2.52.